The van der Waals surface area contributed by atoms with Gasteiger partial charge in [0.1, 0.15) is 0 Å². The van der Waals surface area contributed by atoms with E-state index in [-0.39, 0.29) is 0 Å². The van der Waals surface area contributed by atoms with Gasteiger partial charge >= 0.3 is 113 Å². The maximum absolute atomic E-state index is 8.74. The Bertz CT molecular complexity index is 237. The van der Waals surface area contributed by atoms with Crippen LogP contribution in [0.3, 0.4) is 0 Å². The predicted octanol–water partition coefficient (Wildman–Crippen LogP) is 2.81. The minimum atomic E-state index is -4.67. The maximum atomic E-state index is 8.74. The van der Waals surface area contributed by atoms with Crippen LogP contribution < -0.4 is 0 Å². The Balaban J connectivity index is 0. The number of unbranched alkanes of at least 4 members (excludes halogenated alkanes) is 9. The van der Waals surface area contributed by atoms with Crippen LogP contribution in [0.5, 0.6) is 0 Å². The van der Waals surface area contributed by atoms with E-state index in [9.17, 15) is 0 Å². The third-order valence-electron chi connectivity index (χ3n) is 2.76. The molecule has 112 valence electrons. The van der Waals surface area contributed by atoms with Crippen LogP contribution in [0, 0.1) is 0 Å². The van der Waals surface area contributed by atoms with Crippen molar-refractivity contribution in [2.75, 3.05) is 6.61 Å². The molecular formula is C12H27NaO5S. The summed E-state index contributed by atoms with van der Waals surface area (Å²) >= 11 is 1.39. The third-order valence-corrected chi connectivity index (χ3v) is 3.47. The second-order valence-electron chi connectivity index (χ2n) is 4.71. The predicted molar refractivity (Wildman–Crippen MR) is 78.0 cm³/mol. The van der Waals surface area contributed by atoms with Crippen LogP contribution in [0.15, 0.2) is 0 Å². The number of hydrogen-bond acceptors (Lipinski definition) is 3. The van der Waals surface area contributed by atoms with Crippen molar-refractivity contribution >= 4 is 38.3 Å². The molecule has 0 saturated carbocycles. The van der Waals surface area contributed by atoms with Gasteiger partial charge in [0.25, 0.3) is 0 Å². The van der Waals surface area contributed by atoms with Crippen LogP contribution in [-0.2, 0) is 10.4 Å². The van der Waals surface area contributed by atoms with Crippen molar-refractivity contribution in [1.29, 1.82) is 0 Å². The molecule has 0 aliphatic rings. The SMILES string of the molecule is O=S(=O)(O)O.OCCCCCCCCCCC[CH2][Na]. The summed E-state index contributed by atoms with van der Waals surface area (Å²) in [5.74, 6) is 0. The van der Waals surface area contributed by atoms with Crippen LogP contribution >= 0.6 is 0 Å². The van der Waals surface area contributed by atoms with Gasteiger partial charge in [-0.1, -0.05) is 0 Å². The van der Waals surface area contributed by atoms with Crippen molar-refractivity contribution in [3.63, 3.8) is 0 Å². The van der Waals surface area contributed by atoms with Gasteiger partial charge in [-0.15, -0.1) is 0 Å². The molecule has 0 amide bonds. The van der Waals surface area contributed by atoms with Crippen LogP contribution in [0.4, 0.5) is 0 Å². The van der Waals surface area contributed by atoms with E-state index >= 15 is 0 Å². The van der Waals surface area contributed by atoms with Gasteiger partial charge in [-0.25, -0.2) is 0 Å². The Morgan fingerprint density at radius 2 is 0.947 bits per heavy atom. The van der Waals surface area contributed by atoms with E-state index in [0.717, 1.165) is 6.42 Å². The van der Waals surface area contributed by atoms with Crippen LogP contribution in [-0.4, -0.2) is 57.2 Å². The number of hydrogen-bond donors (Lipinski definition) is 3. The zero-order chi connectivity index (χ0) is 15.0. The fourth-order valence-corrected chi connectivity index (χ4v) is 2.28. The summed E-state index contributed by atoms with van der Waals surface area (Å²) in [7, 11) is -4.67. The molecule has 0 bridgehead atoms. The Morgan fingerprint density at radius 3 is 1.21 bits per heavy atom. The molecule has 0 fully saturated rings. The first kappa shape index (κ1) is 22.1. The van der Waals surface area contributed by atoms with Gasteiger partial charge in [-0.3, -0.25) is 9.11 Å². The molecule has 0 aromatic rings. The van der Waals surface area contributed by atoms with E-state index in [4.69, 9.17) is 22.6 Å². The summed E-state index contributed by atoms with van der Waals surface area (Å²) in [4.78, 5) is 0. The molecule has 0 radical (unpaired) electrons. The van der Waals surface area contributed by atoms with Crippen molar-refractivity contribution in [2.24, 2.45) is 0 Å². The summed E-state index contributed by atoms with van der Waals surface area (Å²) in [5.41, 5.74) is 0. The number of aliphatic hydroxyl groups excluding tert-OH is 1. The zero-order valence-electron chi connectivity index (χ0n) is 12.1. The average molecular weight is 306 g/mol. The van der Waals surface area contributed by atoms with Crippen LogP contribution in [0.2, 0.25) is 3.67 Å². The molecular weight excluding hydrogens is 279 g/mol. The molecule has 19 heavy (non-hydrogen) atoms. The topological polar surface area (TPSA) is 94.8 Å². The molecule has 0 heterocycles. The first-order chi connectivity index (χ1) is 8.91. The Hall–Kier alpha value is 0.830. The summed E-state index contributed by atoms with van der Waals surface area (Å²) in [6.07, 6.45) is 13.6. The van der Waals surface area contributed by atoms with Gasteiger partial charge in [0.2, 0.25) is 0 Å². The first-order valence-electron chi connectivity index (χ1n) is 7.22. The standard InChI is InChI=1S/C12H25O.Na.H2O4S/c1-2-3-4-5-6-7-8-9-10-11-12-13;;1-5(2,3)4/h13H,1-12H2;;(H2,1,2,3,4). The molecule has 0 aliphatic heterocycles. The monoisotopic (exact) mass is 306 g/mol. The Labute approximate surface area is 135 Å². The number of aliphatic hydroxyl groups is 1. The van der Waals surface area contributed by atoms with Crippen molar-refractivity contribution in [3.8, 4) is 0 Å². The van der Waals surface area contributed by atoms with Crippen LogP contribution in [0.25, 0.3) is 0 Å². The normalized spacial score (nSPS) is 11.0. The second kappa shape index (κ2) is 16.9. The molecule has 0 aromatic carbocycles. The van der Waals surface area contributed by atoms with Gasteiger partial charge < -0.3 is 5.11 Å². The second-order valence-corrected chi connectivity index (χ2v) is 6.60. The van der Waals surface area contributed by atoms with Crippen molar-refractivity contribution in [3.05, 3.63) is 0 Å². The van der Waals surface area contributed by atoms with Gasteiger partial charge in [0.15, 0.2) is 0 Å². The molecule has 0 spiro atoms. The van der Waals surface area contributed by atoms with Gasteiger partial charge in [-0.05, 0) is 0 Å². The minimum absolute atomic E-state index is 0.375. The fourth-order valence-electron chi connectivity index (χ4n) is 1.78. The molecule has 0 aromatic heterocycles. The molecule has 0 atom stereocenters. The molecule has 0 rings (SSSR count). The van der Waals surface area contributed by atoms with E-state index in [1.807, 2.05) is 0 Å². The average Bonchev–Trinajstić information content (AvgIpc) is 2.29. The fraction of sp³-hybridized carbons (Fsp3) is 1.00. The molecule has 5 nitrogen and oxygen atoms in total. The Kier molecular flexibility index (Phi) is 19.7. The van der Waals surface area contributed by atoms with E-state index in [1.165, 1.54) is 89.4 Å². The summed E-state index contributed by atoms with van der Waals surface area (Å²) in [6.45, 7) is 0.375. The summed E-state index contributed by atoms with van der Waals surface area (Å²) < 4.78 is 33.1. The van der Waals surface area contributed by atoms with E-state index in [0.29, 0.717) is 6.61 Å². The molecule has 0 unspecified atom stereocenters. The Morgan fingerprint density at radius 1 is 0.684 bits per heavy atom. The van der Waals surface area contributed by atoms with Gasteiger partial charge in [0.05, 0.1) is 0 Å². The summed E-state index contributed by atoms with van der Waals surface area (Å²) in [6, 6.07) is 0. The molecule has 0 aliphatic carbocycles. The van der Waals surface area contributed by atoms with E-state index in [1.54, 1.807) is 0 Å². The zero-order valence-corrected chi connectivity index (χ0v) is 14.9. The third kappa shape index (κ3) is 38.1. The van der Waals surface area contributed by atoms with Gasteiger partial charge in [0, 0.05) is 0 Å². The molecule has 7 heteroatoms. The summed E-state index contributed by atoms with van der Waals surface area (Å²) in [5, 5.41) is 8.59. The quantitative estimate of drug-likeness (QED) is 0.310. The van der Waals surface area contributed by atoms with Crippen molar-refractivity contribution in [1.82, 2.24) is 0 Å². The van der Waals surface area contributed by atoms with Gasteiger partial charge in [-0.2, -0.15) is 8.42 Å². The first-order valence-corrected chi connectivity index (χ1v) is 10.0. The molecule has 3 N–H and O–H groups in total. The van der Waals surface area contributed by atoms with E-state index < -0.39 is 10.4 Å². The van der Waals surface area contributed by atoms with Crippen LogP contribution in [0.1, 0.15) is 64.2 Å². The van der Waals surface area contributed by atoms with E-state index in [2.05, 4.69) is 0 Å². The number of rotatable bonds is 11. The molecule has 0 saturated heterocycles. The van der Waals surface area contributed by atoms with Crippen molar-refractivity contribution < 1.29 is 22.6 Å². The van der Waals surface area contributed by atoms with Crippen molar-refractivity contribution in [2.45, 2.75) is 67.9 Å².